The molecule has 4 nitrogen and oxygen atoms in total. The summed E-state index contributed by atoms with van der Waals surface area (Å²) in [5.41, 5.74) is 0.888. The number of fused-ring (bicyclic) bond motifs is 1. The first-order valence-corrected chi connectivity index (χ1v) is 5.33. The van der Waals surface area contributed by atoms with Gasteiger partial charge in [0, 0.05) is 11.6 Å². The fourth-order valence-electron chi connectivity index (χ4n) is 1.55. The SMILES string of the molecule is CCOC(=O)C(C)n1cc2ccccc2n1. The summed E-state index contributed by atoms with van der Waals surface area (Å²) in [6, 6.07) is 7.38. The molecule has 0 amide bonds. The van der Waals surface area contributed by atoms with Crippen molar-refractivity contribution in [1.29, 1.82) is 0 Å². The molecule has 1 heterocycles. The van der Waals surface area contributed by atoms with Crippen LogP contribution in [0.2, 0.25) is 0 Å². The Kier molecular flexibility index (Phi) is 2.90. The molecule has 1 unspecified atom stereocenters. The van der Waals surface area contributed by atoms with Crippen molar-refractivity contribution in [3.05, 3.63) is 30.5 Å². The van der Waals surface area contributed by atoms with E-state index in [-0.39, 0.29) is 12.0 Å². The summed E-state index contributed by atoms with van der Waals surface area (Å²) in [6.07, 6.45) is 1.86. The molecular formula is C12H14N2O2. The van der Waals surface area contributed by atoms with E-state index >= 15 is 0 Å². The maximum atomic E-state index is 11.5. The fourth-order valence-corrected chi connectivity index (χ4v) is 1.55. The second-order valence-electron chi connectivity index (χ2n) is 3.60. The number of esters is 1. The number of hydrogen-bond donors (Lipinski definition) is 0. The highest BCUT2D eigenvalue weighted by Crippen LogP contribution is 2.15. The third kappa shape index (κ3) is 1.91. The van der Waals surface area contributed by atoms with Gasteiger partial charge in [0.2, 0.25) is 0 Å². The Morgan fingerprint density at radius 3 is 2.94 bits per heavy atom. The second-order valence-corrected chi connectivity index (χ2v) is 3.60. The summed E-state index contributed by atoms with van der Waals surface area (Å²) in [7, 11) is 0. The van der Waals surface area contributed by atoms with Gasteiger partial charge >= 0.3 is 5.97 Å². The Hall–Kier alpha value is -1.84. The van der Waals surface area contributed by atoms with Gasteiger partial charge < -0.3 is 4.74 Å². The molecule has 1 aromatic heterocycles. The number of nitrogens with zero attached hydrogens (tertiary/aromatic N) is 2. The molecule has 16 heavy (non-hydrogen) atoms. The zero-order valence-corrected chi connectivity index (χ0v) is 9.38. The summed E-state index contributed by atoms with van der Waals surface area (Å²) in [6.45, 7) is 3.97. The van der Waals surface area contributed by atoms with Crippen LogP contribution in [-0.2, 0) is 9.53 Å². The lowest BCUT2D eigenvalue weighted by molar-refractivity contribution is -0.146. The lowest BCUT2D eigenvalue weighted by atomic mass is 10.3. The van der Waals surface area contributed by atoms with Gasteiger partial charge in [0.15, 0.2) is 0 Å². The number of aromatic nitrogens is 2. The van der Waals surface area contributed by atoms with E-state index in [2.05, 4.69) is 5.10 Å². The number of carbonyl (C=O) groups excluding carboxylic acids is 1. The summed E-state index contributed by atoms with van der Waals surface area (Å²) >= 11 is 0. The molecular weight excluding hydrogens is 204 g/mol. The third-order valence-electron chi connectivity index (χ3n) is 2.46. The molecule has 0 aliphatic rings. The first-order chi connectivity index (χ1) is 7.72. The minimum absolute atomic E-state index is 0.254. The standard InChI is InChI=1S/C12H14N2O2/c1-3-16-12(15)9(2)14-8-10-6-4-5-7-11(10)13-14/h4-9H,3H2,1-2H3. The smallest absolute Gasteiger partial charge is 0.330 e. The van der Waals surface area contributed by atoms with Crippen LogP contribution in [0.3, 0.4) is 0 Å². The van der Waals surface area contributed by atoms with Crippen molar-refractivity contribution in [1.82, 2.24) is 9.78 Å². The van der Waals surface area contributed by atoms with Crippen LogP contribution in [-0.4, -0.2) is 22.4 Å². The molecule has 2 rings (SSSR count). The number of carbonyl (C=O) groups is 1. The molecule has 0 fully saturated rings. The predicted octanol–water partition coefficient (Wildman–Crippen LogP) is 2.16. The van der Waals surface area contributed by atoms with E-state index in [1.165, 1.54) is 0 Å². The molecule has 1 aromatic carbocycles. The average Bonchev–Trinajstić information content (AvgIpc) is 2.71. The molecule has 84 valence electrons. The van der Waals surface area contributed by atoms with Crippen LogP contribution in [0.15, 0.2) is 30.5 Å². The van der Waals surface area contributed by atoms with Crippen LogP contribution >= 0.6 is 0 Å². The van der Waals surface area contributed by atoms with Crippen LogP contribution in [0.25, 0.3) is 10.9 Å². The van der Waals surface area contributed by atoms with Crippen molar-refractivity contribution in [2.45, 2.75) is 19.9 Å². The Bertz CT molecular complexity index is 471. The summed E-state index contributed by atoms with van der Waals surface area (Å²) < 4.78 is 6.60. The molecule has 4 heteroatoms. The molecule has 0 spiro atoms. The average molecular weight is 218 g/mol. The van der Waals surface area contributed by atoms with Crippen molar-refractivity contribution in [2.75, 3.05) is 6.61 Å². The highest BCUT2D eigenvalue weighted by atomic mass is 16.5. The molecule has 0 aliphatic heterocycles. The first kappa shape index (κ1) is 10.7. The molecule has 0 N–H and O–H groups in total. The molecule has 0 bridgehead atoms. The topological polar surface area (TPSA) is 44.1 Å². The highest BCUT2D eigenvalue weighted by Gasteiger charge is 2.16. The van der Waals surface area contributed by atoms with Gasteiger partial charge in [-0.3, -0.25) is 4.68 Å². The molecule has 1 atom stereocenters. The zero-order chi connectivity index (χ0) is 11.5. The van der Waals surface area contributed by atoms with Gasteiger partial charge in [-0.05, 0) is 19.9 Å². The van der Waals surface area contributed by atoms with Crippen LogP contribution in [0, 0.1) is 0 Å². The molecule has 0 radical (unpaired) electrons. The van der Waals surface area contributed by atoms with E-state index in [0.29, 0.717) is 6.61 Å². The van der Waals surface area contributed by atoms with E-state index in [1.54, 1.807) is 18.5 Å². The van der Waals surface area contributed by atoms with Crippen LogP contribution < -0.4 is 0 Å². The lowest BCUT2D eigenvalue weighted by Gasteiger charge is -2.10. The lowest BCUT2D eigenvalue weighted by Crippen LogP contribution is -2.19. The number of rotatable bonds is 3. The Labute approximate surface area is 93.8 Å². The van der Waals surface area contributed by atoms with Crippen molar-refractivity contribution < 1.29 is 9.53 Å². The van der Waals surface area contributed by atoms with Crippen molar-refractivity contribution in [3.8, 4) is 0 Å². The van der Waals surface area contributed by atoms with Gasteiger partial charge in [-0.2, -0.15) is 5.10 Å². The zero-order valence-electron chi connectivity index (χ0n) is 9.38. The van der Waals surface area contributed by atoms with Gasteiger partial charge in [-0.15, -0.1) is 0 Å². The van der Waals surface area contributed by atoms with Gasteiger partial charge in [-0.25, -0.2) is 4.79 Å². The Balaban J connectivity index is 2.29. The largest absolute Gasteiger partial charge is 0.464 e. The minimum Gasteiger partial charge on any atom is -0.464 e. The van der Waals surface area contributed by atoms with E-state index in [9.17, 15) is 4.79 Å². The van der Waals surface area contributed by atoms with E-state index in [0.717, 1.165) is 10.9 Å². The molecule has 0 saturated carbocycles. The summed E-state index contributed by atoms with van der Waals surface area (Å²) in [4.78, 5) is 11.5. The van der Waals surface area contributed by atoms with Crippen LogP contribution in [0.1, 0.15) is 19.9 Å². The monoisotopic (exact) mass is 218 g/mol. The minimum atomic E-state index is -0.382. The van der Waals surface area contributed by atoms with E-state index in [4.69, 9.17) is 4.74 Å². The predicted molar refractivity (Wildman–Crippen MR) is 61.1 cm³/mol. The molecule has 0 saturated heterocycles. The third-order valence-corrected chi connectivity index (χ3v) is 2.46. The van der Waals surface area contributed by atoms with Gasteiger partial charge in [0.05, 0.1) is 12.1 Å². The fraction of sp³-hybridized carbons (Fsp3) is 0.333. The summed E-state index contributed by atoms with van der Waals surface area (Å²) in [5, 5.41) is 5.36. The van der Waals surface area contributed by atoms with Crippen LogP contribution in [0.5, 0.6) is 0 Å². The van der Waals surface area contributed by atoms with E-state index in [1.807, 2.05) is 30.5 Å². The molecule has 2 aromatic rings. The number of benzene rings is 1. The molecule has 0 aliphatic carbocycles. The van der Waals surface area contributed by atoms with Gasteiger partial charge in [-0.1, -0.05) is 18.2 Å². The maximum absolute atomic E-state index is 11.5. The number of hydrogen-bond acceptors (Lipinski definition) is 3. The highest BCUT2D eigenvalue weighted by molar-refractivity contribution is 5.79. The van der Waals surface area contributed by atoms with Crippen molar-refractivity contribution in [3.63, 3.8) is 0 Å². The normalized spacial score (nSPS) is 12.6. The van der Waals surface area contributed by atoms with Gasteiger partial charge in [0.25, 0.3) is 0 Å². The van der Waals surface area contributed by atoms with Crippen LogP contribution in [0.4, 0.5) is 0 Å². The quantitative estimate of drug-likeness (QED) is 0.741. The van der Waals surface area contributed by atoms with Crippen molar-refractivity contribution in [2.24, 2.45) is 0 Å². The van der Waals surface area contributed by atoms with Gasteiger partial charge in [0.1, 0.15) is 6.04 Å². The summed E-state index contributed by atoms with van der Waals surface area (Å²) in [5.74, 6) is -0.254. The Morgan fingerprint density at radius 2 is 2.25 bits per heavy atom. The second kappa shape index (κ2) is 4.35. The van der Waals surface area contributed by atoms with Crippen molar-refractivity contribution >= 4 is 16.9 Å². The first-order valence-electron chi connectivity index (χ1n) is 5.33. The van der Waals surface area contributed by atoms with E-state index < -0.39 is 0 Å². The maximum Gasteiger partial charge on any atom is 0.330 e. The number of ether oxygens (including phenoxy) is 1. The Morgan fingerprint density at radius 1 is 1.50 bits per heavy atom.